The molecule has 27 heavy (non-hydrogen) atoms. The fourth-order valence-electron chi connectivity index (χ4n) is 2.45. The third kappa shape index (κ3) is 4.81. The zero-order chi connectivity index (χ0) is 20.0. The maximum absolute atomic E-state index is 12.4. The Balaban J connectivity index is 2.19. The summed E-state index contributed by atoms with van der Waals surface area (Å²) in [4.78, 5) is 33.3. The van der Waals surface area contributed by atoms with E-state index in [1.54, 1.807) is 12.1 Å². The van der Waals surface area contributed by atoms with Gasteiger partial charge in [-0.15, -0.1) is 0 Å². The van der Waals surface area contributed by atoms with Gasteiger partial charge in [0, 0.05) is 17.3 Å². The molecule has 142 valence electrons. The van der Waals surface area contributed by atoms with Crippen LogP contribution in [0.4, 0.5) is 17.1 Å². The Hall–Kier alpha value is -3.42. The Morgan fingerprint density at radius 1 is 1.19 bits per heavy atom. The fraction of sp³-hybridized carbons (Fsp3) is 0.263. The number of hydrogen-bond acceptors (Lipinski definition) is 5. The first-order valence-corrected chi connectivity index (χ1v) is 8.44. The van der Waals surface area contributed by atoms with Crippen molar-refractivity contribution in [2.24, 2.45) is 0 Å². The zero-order valence-electron chi connectivity index (χ0n) is 15.4. The number of hydrogen-bond donors (Lipinski definition) is 3. The lowest BCUT2D eigenvalue weighted by atomic mass is 9.82. The van der Waals surface area contributed by atoms with E-state index in [1.165, 1.54) is 18.2 Å². The van der Waals surface area contributed by atoms with Gasteiger partial charge < -0.3 is 5.32 Å². The topological polar surface area (TPSA) is 113 Å². The molecule has 2 amide bonds. The van der Waals surface area contributed by atoms with Crippen LogP contribution in [0.5, 0.6) is 0 Å². The number of nitrogens with zero attached hydrogens (tertiary/aromatic N) is 1. The van der Waals surface area contributed by atoms with E-state index in [9.17, 15) is 19.7 Å². The number of carbonyl (C=O) groups is 2. The van der Waals surface area contributed by atoms with Gasteiger partial charge in [-0.3, -0.25) is 30.6 Å². The van der Waals surface area contributed by atoms with E-state index in [1.807, 2.05) is 12.1 Å². The van der Waals surface area contributed by atoms with Crippen LogP contribution < -0.4 is 16.2 Å². The third-order valence-electron chi connectivity index (χ3n) is 4.53. The molecule has 0 saturated carbocycles. The quantitative estimate of drug-likeness (QED) is 0.373. The normalized spacial score (nSPS) is 10.8. The van der Waals surface area contributed by atoms with Crippen LogP contribution in [0, 0.1) is 10.1 Å². The van der Waals surface area contributed by atoms with Gasteiger partial charge in [-0.25, -0.2) is 0 Å². The molecule has 0 aromatic heterocycles. The van der Waals surface area contributed by atoms with Crippen molar-refractivity contribution in [3.8, 4) is 0 Å². The fourth-order valence-corrected chi connectivity index (χ4v) is 2.45. The van der Waals surface area contributed by atoms with Crippen LogP contribution in [-0.2, 0) is 10.2 Å². The highest BCUT2D eigenvalue weighted by atomic mass is 16.6. The molecular weight excluding hydrogens is 348 g/mol. The molecule has 2 rings (SSSR count). The second-order valence-electron chi connectivity index (χ2n) is 6.65. The Labute approximate surface area is 157 Å². The van der Waals surface area contributed by atoms with Gasteiger partial charge in [-0.1, -0.05) is 32.9 Å². The standard InChI is InChI=1S/C19H22N4O4/c1-4-19(2,3)14-7-5-13(6-8-14)18(25)21-15-9-10-16(22-20-12-24)17(11-15)23(26)27/h5-12,22H,4H2,1-3H3,(H,20,24)(H,21,25). The van der Waals surface area contributed by atoms with Crippen LogP contribution >= 0.6 is 0 Å². The summed E-state index contributed by atoms with van der Waals surface area (Å²) >= 11 is 0. The van der Waals surface area contributed by atoms with Crippen LogP contribution in [0.15, 0.2) is 42.5 Å². The number of nitrogens with one attached hydrogen (secondary N) is 3. The summed E-state index contributed by atoms with van der Waals surface area (Å²) in [6.07, 6.45) is 1.34. The lowest BCUT2D eigenvalue weighted by Gasteiger charge is -2.23. The van der Waals surface area contributed by atoms with Gasteiger partial charge in [0.05, 0.1) is 4.92 Å². The predicted molar refractivity (Wildman–Crippen MR) is 104 cm³/mol. The van der Waals surface area contributed by atoms with Crippen molar-refractivity contribution >= 4 is 29.4 Å². The van der Waals surface area contributed by atoms with Crippen molar-refractivity contribution in [1.29, 1.82) is 0 Å². The minimum Gasteiger partial charge on any atom is -0.322 e. The number of rotatable bonds is 8. The smallest absolute Gasteiger partial charge is 0.296 e. The van der Waals surface area contributed by atoms with E-state index in [-0.39, 0.29) is 28.4 Å². The van der Waals surface area contributed by atoms with Crippen LogP contribution in [0.2, 0.25) is 0 Å². The first-order valence-electron chi connectivity index (χ1n) is 8.44. The lowest BCUT2D eigenvalue weighted by Crippen LogP contribution is -2.20. The van der Waals surface area contributed by atoms with E-state index in [2.05, 4.69) is 36.9 Å². The second kappa shape index (κ2) is 8.31. The highest BCUT2D eigenvalue weighted by molar-refractivity contribution is 6.04. The molecule has 0 unspecified atom stereocenters. The molecule has 2 aromatic rings. The van der Waals surface area contributed by atoms with Crippen LogP contribution in [-0.4, -0.2) is 17.2 Å². The van der Waals surface area contributed by atoms with Crippen molar-refractivity contribution in [3.05, 3.63) is 63.7 Å². The van der Waals surface area contributed by atoms with Crippen LogP contribution in [0.25, 0.3) is 0 Å². The lowest BCUT2D eigenvalue weighted by molar-refractivity contribution is -0.383. The van der Waals surface area contributed by atoms with Crippen molar-refractivity contribution in [2.75, 3.05) is 10.7 Å². The van der Waals surface area contributed by atoms with Gasteiger partial charge in [-0.2, -0.15) is 0 Å². The van der Waals surface area contributed by atoms with Crippen molar-refractivity contribution in [1.82, 2.24) is 5.43 Å². The molecule has 0 heterocycles. The molecule has 0 atom stereocenters. The summed E-state index contributed by atoms with van der Waals surface area (Å²) in [7, 11) is 0. The highest BCUT2D eigenvalue weighted by Gasteiger charge is 2.19. The molecule has 8 nitrogen and oxygen atoms in total. The maximum Gasteiger partial charge on any atom is 0.296 e. The molecular formula is C19H22N4O4. The molecule has 0 spiro atoms. The van der Waals surface area contributed by atoms with Gasteiger partial charge in [0.1, 0.15) is 5.69 Å². The molecule has 2 aromatic carbocycles. The number of amides is 2. The molecule has 0 aliphatic carbocycles. The summed E-state index contributed by atoms with van der Waals surface area (Å²) in [5, 5.41) is 13.8. The SMILES string of the molecule is CCC(C)(C)c1ccc(C(=O)Nc2ccc(NNC=O)c([N+](=O)[O-])c2)cc1. The largest absolute Gasteiger partial charge is 0.322 e. The number of nitro benzene ring substituents is 1. The molecule has 0 saturated heterocycles. The Bertz CT molecular complexity index is 847. The average Bonchev–Trinajstić information content (AvgIpc) is 2.66. The number of anilines is 2. The van der Waals surface area contributed by atoms with Gasteiger partial charge in [0.25, 0.3) is 11.6 Å². The summed E-state index contributed by atoms with van der Waals surface area (Å²) in [5.74, 6) is -0.364. The molecule has 0 aliphatic heterocycles. The Kier molecular flexibility index (Phi) is 6.12. The number of hydrazine groups is 1. The summed E-state index contributed by atoms with van der Waals surface area (Å²) in [6.45, 7) is 6.38. The van der Waals surface area contributed by atoms with Crippen LogP contribution in [0.1, 0.15) is 43.1 Å². The maximum atomic E-state index is 12.4. The van der Waals surface area contributed by atoms with E-state index >= 15 is 0 Å². The second-order valence-corrected chi connectivity index (χ2v) is 6.65. The summed E-state index contributed by atoms with van der Waals surface area (Å²) in [6, 6.07) is 11.4. The minimum atomic E-state index is -0.605. The first kappa shape index (κ1) is 19.9. The van der Waals surface area contributed by atoms with E-state index < -0.39 is 4.92 Å². The number of benzene rings is 2. The summed E-state index contributed by atoms with van der Waals surface area (Å²) < 4.78 is 0. The molecule has 0 bridgehead atoms. The van der Waals surface area contributed by atoms with Gasteiger partial charge in [-0.05, 0) is 41.7 Å². The van der Waals surface area contributed by atoms with Gasteiger partial charge >= 0.3 is 0 Å². The molecule has 8 heteroatoms. The van der Waals surface area contributed by atoms with E-state index in [0.29, 0.717) is 12.0 Å². The molecule has 0 radical (unpaired) electrons. The predicted octanol–water partition coefficient (Wildman–Crippen LogP) is 3.61. The van der Waals surface area contributed by atoms with Crippen molar-refractivity contribution in [3.63, 3.8) is 0 Å². The number of nitro groups is 1. The number of carbonyl (C=O) groups excluding carboxylic acids is 2. The highest BCUT2D eigenvalue weighted by Crippen LogP contribution is 2.28. The zero-order valence-corrected chi connectivity index (χ0v) is 15.4. The average molecular weight is 370 g/mol. The Morgan fingerprint density at radius 2 is 1.85 bits per heavy atom. The van der Waals surface area contributed by atoms with Crippen molar-refractivity contribution < 1.29 is 14.5 Å². The van der Waals surface area contributed by atoms with E-state index in [4.69, 9.17) is 0 Å². The molecule has 0 fully saturated rings. The first-order chi connectivity index (χ1) is 12.8. The monoisotopic (exact) mass is 370 g/mol. The van der Waals surface area contributed by atoms with Crippen molar-refractivity contribution in [2.45, 2.75) is 32.6 Å². The van der Waals surface area contributed by atoms with E-state index in [0.717, 1.165) is 12.0 Å². The molecule has 0 aliphatic rings. The van der Waals surface area contributed by atoms with Crippen LogP contribution in [0.3, 0.4) is 0 Å². The summed E-state index contributed by atoms with van der Waals surface area (Å²) in [5.41, 5.74) is 6.28. The minimum absolute atomic E-state index is 0.0218. The molecule has 3 N–H and O–H groups in total. The van der Waals surface area contributed by atoms with Gasteiger partial charge in [0.15, 0.2) is 0 Å². The van der Waals surface area contributed by atoms with Gasteiger partial charge in [0.2, 0.25) is 6.41 Å². The Morgan fingerprint density at radius 3 is 2.41 bits per heavy atom. The third-order valence-corrected chi connectivity index (χ3v) is 4.53.